The van der Waals surface area contributed by atoms with Crippen LogP contribution in [0.2, 0.25) is 0 Å². The third kappa shape index (κ3) is 4.91. The summed E-state index contributed by atoms with van der Waals surface area (Å²) in [5, 5.41) is 12.0. The Morgan fingerprint density at radius 1 is 1.07 bits per heavy atom. The zero-order chi connectivity index (χ0) is 20.0. The van der Waals surface area contributed by atoms with Crippen molar-refractivity contribution in [2.24, 2.45) is 0 Å². The van der Waals surface area contributed by atoms with E-state index in [1.54, 1.807) is 7.11 Å². The van der Waals surface area contributed by atoms with Crippen LogP contribution in [-0.2, 0) is 4.79 Å². The Balaban J connectivity index is 2.21. The van der Waals surface area contributed by atoms with Crippen molar-refractivity contribution in [3.63, 3.8) is 0 Å². The first-order valence-electron chi connectivity index (χ1n) is 8.32. The molecule has 0 radical (unpaired) electrons. The SMILES string of the molecule is COc1cccc(C(C)CC(=O)Nc2cc(C(=O)O)cc(OC)c2OC)c1. The minimum atomic E-state index is -1.13. The molecule has 0 spiro atoms. The van der Waals surface area contributed by atoms with Gasteiger partial charge < -0.3 is 24.6 Å². The molecule has 0 bridgehead atoms. The van der Waals surface area contributed by atoms with E-state index < -0.39 is 5.97 Å². The van der Waals surface area contributed by atoms with Crippen LogP contribution < -0.4 is 19.5 Å². The molecule has 2 N–H and O–H groups in total. The van der Waals surface area contributed by atoms with Gasteiger partial charge in [-0.25, -0.2) is 4.79 Å². The fraction of sp³-hybridized carbons (Fsp3) is 0.300. The Kier molecular flexibility index (Phi) is 6.65. The number of aromatic carboxylic acids is 1. The molecule has 7 heteroatoms. The lowest BCUT2D eigenvalue weighted by atomic mass is 9.97. The molecule has 0 fully saturated rings. The fourth-order valence-electron chi connectivity index (χ4n) is 2.73. The smallest absolute Gasteiger partial charge is 0.335 e. The zero-order valence-electron chi connectivity index (χ0n) is 15.7. The Hall–Kier alpha value is -3.22. The molecular formula is C20H23NO6. The number of hydrogen-bond acceptors (Lipinski definition) is 5. The largest absolute Gasteiger partial charge is 0.497 e. The van der Waals surface area contributed by atoms with Gasteiger partial charge in [0.05, 0.1) is 32.6 Å². The topological polar surface area (TPSA) is 94.1 Å². The van der Waals surface area contributed by atoms with Crippen molar-refractivity contribution in [3.8, 4) is 17.2 Å². The highest BCUT2D eigenvalue weighted by molar-refractivity contribution is 5.97. The van der Waals surface area contributed by atoms with Crippen LogP contribution in [0.3, 0.4) is 0 Å². The van der Waals surface area contributed by atoms with Crippen LogP contribution in [0.5, 0.6) is 17.2 Å². The van der Waals surface area contributed by atoms with Crippen molar-refractivity contribution in [2.75, 3.05) is 26.6 Å². The van der Waals surface area contributed by atoms with Gasteiger partial charge in [0.2, 0.25) is 5.91 Å². The number of carbonyl (C=O) groups excluding carboxylic acids is 1. The monoisotopic (exact) mass is 373 g/mol. The van der Waals surface area contributed by atoms with Crippen molar-refractivity contribution < 1.29 is 28.9 Å². The van der Waals surface area contributed by atoms with Gasteiger partial charge in [-0.2, -0.15) is 0 Å². The zero-order valence-corrected chi connectivity index (χ0v) is 15.7. The van der Waals surface area contributed by atoms with E-state index >= 15 is 0 Å². The molecule has 2 rings (SSSR count). The van der Waals surface area contributed by atoms with Crippen LogP contribution in [-0.4, -0.2) is 38.3 Å². The second-order valence-corrected chi connectivity index (χ2v) is 5.99. The Morgan fingerprint density at radius 2 is 1.81 bits per heavy atom. The van der Waals surface area contributed by atoms with Crippen molar-refractivity contribution in [1.29, 1.82) is 0 Å². The second kappa shape index (κ2) is 8.93. The van der Waals surface area contributed by atoms with Crippen LogP contribution in [0, 0.1) is 0 Å². The van der Waals surface area contributed by atoms with Crippen molar-refractivity contribution in [1.82, 2.24) is 0 Å². The molecular weight excluding hydrogens is 350 g/mol. The molecule has 0 saturated carbocycles. The molecule has 1 amide bonds. The number of carbonyl (C=O) groups is 2. The van der Waals surface area contributed by atoms with Crippen molar-refractivity contribution >= 4 is 17.6 Å². The lowest BCUT2D eigenvalue weighted by Crippen LogP contribution is -2.16. The number of ether oxygens (including phenoxy) is 3. The minimum Gasteiger partial charge on any atom is -0.497 e. The first-order chi connectivity index (χ1) is 12.9. The van der Waals surface area contributed by atoms with Crippen LogP contribution >= 0.6 is 0 Å². The first-order valence-corrected chi connectivity index (χ1v) is 8.32. The van der Waals surface area contributed by atoms with E-state index in [1.807, 2.05) is 31.2 Å². The van der Waals surface area contributed by atoms with E-state index in [2.05, 4.69) is 5.32 Å². The molecule has 1 atom stereocenters. The van der Waals surface area contributed by atoms with E-state index in [0.717, 1.165) is 11.3 Å². The molecule has 2 aromatic rings. The van der Waals surface area contributed by atoms with Gasteiger partial charge >= 0.3 is 5.97 Å². The average molecular weight is 373 g/mol. The third-order valence-corrected chi connectivity index (χ3v) is 4.15. The van der Waals surface area contributed by atoms with Crippen LogP contribution in [0.1, 0.15) is 35.2 Å². The summed E-state index contributed by atoms with van der Waals surface area (Å²) in [5.74, 6) is -0.237. The van der Waals surface area contributed by atoms with E-state index in [-0.39, 0.29) is 41.0 Å². The Bertz CT molecular complexity index is 833. The third-order valence-electron chi connectivity index (χ3n) is 4.15. The molecule has 2 aromatic carbocycles. The van der Waals surface area contributed by atoms with Crippen LogP contribution in [0.25, 0.3) is 0 Å². The molecule has 0 aromatic heterocycles. The van der Waals surface area contributed by atoms with Crippen LogP contribution in [0.4, 0.5) is 5.69 Å². The lowest BCUT2D eigenvalue weighted by molar-refractivity contribution is -0.116. The van der Waals surface area contributed by atoms with E-state index in [4.69, 9.17) is 14.2 Å². The average Bonchev–Trinajstić information content (AvgIpc) is 2.66. The standard InChI is InChI=1S/C20H23NO6/c1-12(13-6-5-7-15(9-13)25-2)8-18(22)21-16-10-14(20(23)24)11-17(26-3)19(16)27-4/h5-7,9-12H,8H2,1-4H3,(H,21,22)(H,23,24). The highest BCUT2D eigenvalue weighted by Gasteiger charge is 2.19. The maximum Gasteiger partial charge on any atom is 0.335 e. The summed E-state index contributed by atoms with van der Waals surface area (Å²) in [6.07, 6.45) is 0.204. The molecule has 144 valence electrons. The van der Waals surface area contributed by atoms with E-state index in [9.17, 15) is 14.7 Å². The number of amides is 1. The molecule has 0 heterocycles. The molecule has 27 heavy (non-hydrogen) atoms. The number of carboxylic acid groups (broad SMARTS) is 1. The van der Waals surface area contributed by atoms with Gasteiger partial charge in [0, 0.05) is 6.42 Å². The quantitative estimate of drug-likeness (QED) is 0.735. The molecule has 7 nitrogen and oxygen atoms in total. The molecule has 0 aliphatic rings. The van der Waals surface area contributed by atoms with E-state index in [0.29, 0.717) is 0 Å². The van der Waals surface area contributed by atoms with Crippen molar-refractivity contribution in [2.45, 2.75) is 19.3 Å². The number of anilines is 1. The predicted octanol–water partition coefficient (Wildman–Crippen LogP) is 3.54. The maximum absolute atomic E-state index is 12.5. The van der Waals surface area contributed by atoms with Gasteiger partial charge in [0.1, 0.15) is 5.75 Å². The fourth-order valence-corrected chi connectivity index (χ4v) is 2.73. The predicted molar refractivity (Wildman–Crippen MR) is 101 cm³/mol. The van der Waals surface area contributed by atoms with Crippen molar-refractivity contribution in [3.05, 3.63) is 47.5 Å². The Morgan fingerprint density at radius 3 is 2.41 bits per heavy atom. The minimum absolute atomic E-state index is 0.0104. The number of methoxy groups -OCH3 is 3. The highest BCUT2D eigenvalue weighted by Crippen LogP contribution is 2.37. The number of benzene rings is 2. The summed E-state index contributed by atoms with van der Waals surface area (Å²) in [6, 6.07) is 10.2. The number of carboxylic acids is 1. The number of nitrogens with one attached hydrogen (secondary N) is 1. The van der Waals surface area contributed by atoms with Gasteiger partial charge in [-0.3, -0.25) is 4.79 Å². The molecule has 0 aliphatic carbocycles. The maximum atomic E-state index is 12.5. The lowest BCUT2D eigenvalue weighted by Gasteiger charge is -2.16. The molecule has 0 aliphatic heterocycles. The normalized spacial score (nSPS) is 11.4. The van der Waals surface area contributed by atoms with Crippen LogP contribution in [0.15, 0.2) is 36.4 Å². The van der Waals surface area contributed by atoms with Gasteiger partial charge in [-0.05, 0) is 35.7 Å². The Labute approximate surface area is 157 Å². The van der Waals surface area contributed by atoms with Gasteiger partial charge in [-0.1, -0.05) is 19.1 Å². The molecule has 0 saturated heterocycles. The van der Waals surface area contributed by atoms with Gasteiger partial charge in [0.15, 0.2) is 11.5 Å². The summed E-state index contributed by atoms with van der Waals surface area (Å²) in [7, 11) is 4.42. The highest BCUT2D eigenvalue weighted by atomic mass is 16.5. The summed E-state index contributed by atoms with van der Waals surface area (Å²) in [6.45, 7) is 1.93. The van der Waals surface area contributed by atoms with Gasteiger partial charge in [-0.15, -0.1) is 0 Å². The second-order valence-electron chi connectivity index (χ2n) is 5.99. The van der Waals surface area contributed by atoms with Gasteiger partial charge in [0.25, 0.3) is 0 Å². The summed E-state index contributed by atoms with van der Waals surface area (Å²) in [5.41, 5.74) is 1.20. The first kappa shape index (κ1) is 20.1. The van der Waals surface area contributed by atoms with E-state index in [1.165, 1.54) is 26.4 Å². The summed E-state index contributed by atoms with van der Waals surface area (Å²) < 4.78 is 15.7. The number of hydrogen-bond donors (Lipinski definition) is 2. The summed E-state index contributed by atoms with van der Waals surface area (Å²) in [4.78, 5) is 23.8. The summed E-state index contributed by atoms with van der Waals surface area (Å²) >= 11 is 0. The number of rotatable bonds is 8. The molecule has 1 unspecified atom stereocenters.